The number of tetrazole rings is 1. The van der Waals surface area contributed by atoms with Crippen molar-refractivity contribution in [2.75, 3.05) is 11.9 Å². The van der Waals surface area contributed by atoms with Crippen molar-refractivity contribution in [1.82, 2.24) is 20.2 Å². The second-order valence-corrected chi connectivity index (χ2v) is 5.25. The first-order valence-electron chi connectivity index (χ1n) is 7.30. The van der Waals surface area contributed by atoms with Gasteiger partial charge in [0, 0.05) is 18.3 Å². The van der Waals surface area contributed by atoms with E-state index >= 15 is 0 Å². The highest BCUT2D eigenvalue weighted by molar-refractivity contribution is 5.92. The second kappa shape index (κ2) is 6.39. The Morgan fingerprint density at radius 3 is 2.52 bits per heavy atom. The SMILES string of the molecule is Cc1ccccc1-c1nnn(CC(=O)N(C)c2ccccc2)n1. The number of amides is 1. The molecule has 0 radical (unpaired) electrons. The summed E-state index contributed by atoms with van der Waals surface area (Å²) >= 11 is 0. The highest BCUT2D eigenvalue weighted by atomic mass is 16.2. The maximum absolute atomic E-state index is 12.3. The lowest BCUT2D eigenvalue weighted by atomic mass is 10.1. The minimum absolute atomic E-state index is 0.0459. The van der Waals surface area contributed by atoms with Crippen molar-refractivity contribution in [3.63, 3.8) is 0 Å². The van der Waals surface area contributed by atoms with E-state index in [1.165, 1.54) is 4.80 Å². The molecule has 0 fully saturated rings. The number of hydrogen-bond acceptors (Lipinski definition) is 4. The van der Waals surface area contributed by atoms with Crippen LogP contribution >= 0.6 is 0 Å². The van der Waals surface area contributed by atoms with Crippen LogP contribution in [0.15, 0.2) is 54.6 Å². The van der Waals surface area contributed by atoms with Crippen molar-refractivity contribution in [2.24, 2.45) is 0 Å². The van der Waals surface area contributed by atoms with Crippen molar-refractivity contribution in [3.8, 4) is 11.4 Å². The highest BCUT2D eigenvalue weighted by Gasteiger charge is 2.14. The number of carbonyl (C=O) groups excluding carboxylic acids is 1. The number of aromatic nitrogens is 4. The number of rotatable bonds is 4. The summed E-state index contributed by atoms with van der Waals surface area (Å²) in [7, 11) is 1.73. The number of benzene rings is 2. The Labute approximate surface area is 134 Å². The van der Waals surface area contributed by atoms with Gasteiger partial charge >= 0.3 is 0 Å². The molecule has 1 heterocycles. The number of aryl methyl sites for hydroxylation is 1. The average molecular weight is 307 g/mol. The van der Waals surface area contributed by atoms with E-state index in [0.717, 1.165) is 16.8 Å². The van der Waals surface area contributed by atoms with E-state index in [1.54, 1.807) is 11.9 Å². The minimum atomic E-state index is -0.107. The quantitative estimate of drug-likeness (QED) is 0.742. The largest absolute Gasteiger partial charge is 0.314 e. The summed E-state index contributed by atoms with van der Waals surface area (Å²) in [5.41, 5.74) is 2.82. The molecule has 0 N–H and O–H groups in total. The summed E-state index contributed by atoms with van der Waals surface area (Å²) in [6, 6.07) is 17.3. The summed E-state index contributed by atoms with van der Waals surface area (Å²) in [6.45, 7) is 2.04. The summed E-state index contributed by atoms with van der Waals surface area (Å²) < 4.78 is 0. The number of hydrogen-bond donors (Lipinski definition) is 0. The van der Waals surface area contributed by atoms with E-state index in [2.05, 4.69) is 15.4 Å². The van der Waals surface area contributed by atoms with Gasteiger partial charge in [0.15, 0.2) is 0 Å². The molecule has 0 saturated heterocycles. The molecule has 6 heteroatoms. The fraction of sp³-hybridized carbons (Fsp3) is 0.176. The van der Waals surface area contributed by atoms with Gasteiger partial charge < -0.3 is 4.90 Å². The smallest absolute Gasteiger partial charge is 0.250 e. The third-order valence-corrected chi connectivity index (χ3v) is 3.63. The Hall–Kier alpha value is -3.02. The van der Waals surface area contributed by atoms with Gasteiger partial charge in [-0.15, -0.1) is 10.2 Å². The Balaban J connectivity index is 1.74. The third-order valence-electron chi connectivity index (χ3n) is 3.63. The van der Waals surface area contributed by atoms with Gasteiger partial charge in [-0.05, 0) is 29.8 Å². The Morgan fingerprint density at radius 1 is 1.09 bits per heavy atom. The van der Waals surface area contributed by atoms with Crippen molar-refractivity contribution in [1.29, 1.82) is 0 Å². The zero-order chi connectivity index (χ0) is 16.2. The molecule has 3 aromatic rings. The van der Waals surface area contributed by atoms with Gasteiger partial charge in [-0.3, -0.25) is 4.79 Å². The molecule has 0 atom stereocenters. The van der Waals surface area contributed by atoms with Crippen LogP contribution in [-0.4, -0.2) is 33.2 Å². The molecule has 0 bridgehead atoms. The van der Waals surface area contributed by atoms with Crippen molar-refractivity contribution >= 4 is 11.6 Å². The molecule has 23 heavy (non-hydrogen) atoms. The normalized spacial score (nSPS) is 10.5. The first kappa shape index (κ1) is 14.9. The van der Waals surface area contributed by atoms with Crippen LogP contribution in [0.1, 0.15) is 5.56 Å². The molecule has 2 aromatic carbocycles. The van der Waals surface area contributed by atoms with Crippen LogP contribution in [0, 0.1) is 6.92 Å². The van der Waals surface area contributed by atoms with Gasteiger partial charge in [-0.1, -0.05) is 42.5 Å². The van der Waals surface area contributed by atoms with Gasteiger partial charge in [0.1, 0.15) is 6.54 Å². The molecule has 0 aliphatic carbocycles. The lowest BCUT2D eigenvalue weighted by molar-refractivity contribution is -0.119. The fourth-order valence-corrected chi connectivity index (χ4v) is 2.26. The zero-order valence-electron chi connectivity index (χ0n) is 13.0. The van der Waals surface area contributed by atoms with Crippen molar-refractivity contribution < 1.29 is 4.79 Å². The monoisotopic (exact) mass is 307 g/mol. The fourth-order valence-electron chi connectivity index (χ4n) is 2.26. The van der Waals surface area contributed by atoms with Crippen molar-refractivity contribution in [2.45, 2.75) is 13.5 Å². The van der Waals surface area contributed by atoms with Gasteiger partial charge in [-0.2, -0.15) is 4.80 Å². The molecule has 1 aromatic heterocycles. The van der Waals surface area contributed by atoms with Crippen molar-refractivity contribution in [3.05, 3.63) is 60.2 Å². The summed E-state index contributed by atoms with van der Waals surface area (Å²) in [6.07, 6.45) is 0. The van der Waals surface area contributed by atoms with Crippen LogP contribution < -0.4 is 4.90 Å². The molecular weight excluding hydrogens is 290 g/mol. The van der Waals surface area contributed by atoms with Gasteiger partial charge in [-0.25, -0.2) is 0 Å². The van der Waals surface area contributed by atoms with Crippen LogP contribution in [-0.2, 0) is 11.3 Å². The molecular formula is C17H17N5O. The highest BCUT2D eigenvalue weighted by Crippen LogP contribution is 2.18. The molecule has 0 unspecified atom stereocenters. The van der Waals surface area contributed by atoms with E-state index in [0.29, 0.717) is 5.82 Å². The molecule has 1 amide bonds. The third kappa shape index (κ3) is 3.26. The van der Waals surface area contributed by atoms with E-state index in [9.17, 15) is 4.79 Å². The zero-order valence-corrected chi connectivity index (χ0v) is 13.0. The van der Waals surface area contributed by atoms with E-state index in [-0.39, 0.29) is 12.5 Å². The first-order chi connectivity index (χ1) is 11.1. The number of likely N-dealkylation sites (N-methyl/N-ethyl adjacent to an activating group) is 1. The topological polar surface area (TPSA) is 63.9 Å². The van der Waals surface area contributed by atoms with Gasteiger partial charge in [0.2, 0.25) is 11.7 Å². The average Bonchev–Trinajstić information content (AvgIpc) is 3.03. The Bertz CT molecular complexity index is 813. The molecule has 116 valence electrons. The van der Waals surface area contributed by atoms with Crippen LogP contribution in [0.4, 0.5) is 5.69 Å². The number of anilines is 1. The standard InChI is InChI=1S/C17H17N5O/c1-13-8-6-7-11-15(13)17-18-20-22(19-17)12-16(23)21(2)14-9-4-3-5-10-14/h3-11H,12H2,1-2H3. The molecule has 0 aliphatic heterocycles. The maximum Gasteiger partial charge on any atom is 0.250 e. The number of carbonyl (C=O) groups is 1. The lowest BCUT2D eigenvalue weighted by Gasteiger charge is -2.16. The number of nitrogens with zero attached hydrogens (tertiary/aromatic N) is 5. The molecule has 6 nitrogen and oxygen atoms in total. The van der Waals surface area contributed by atoms with Crippen LogP contribution in [0.5, 0.6) is 0 Å². The van der Waals surface area contributed by atoms with Crippen LogP contribution in [0.3, 0.4) is 0 Å². The predicted octanol–water partition coefficient (Wildman–Crippen LogP) is 2.31. The van der Waals surface area contributed by atoms with E-state index in [4.69, 9.17) is 0 Å². The predicted molar refractivity (Wildman–Crippen MR) is 87.8 cm³/mol. The summed E-state index contributed by atoms with van der Waals surface area (Å²) in [5, 5.41) is 12.3. The maximum atomic E-state index is 12.3. The first-order valence-corrected chi connectivity index (χ1v) is 7.30. The van der Waals surface area contributed by atoms with Gasteiger partial charge in [0.05, 0.1) is 0 Å². The summed E-state index contributed by atoms with van der Waals surface area (Å²) in [5.74, 6) is 0.420. The van der Waals surface area contributed by atoms with E-state index < -0.39 is 0 Å². The van der Waals surface area contributed by atoms with Gasteiger partial charge in [0.25, 0.3) is 0 Å². The number of para-hydroxylation sites is 1. The molecule has 0 spiro atoms. The minimum Gasteiger partial charge on any atom is -0.314 e. The second-order valence-electron chi connectivity index (χ2n) is 5.25. The Kier molecular flexibility index (Phi) is 4.14. The Morgan fingerprint density at radius 2 is 1.78 bits per heavy atom. The van der Waals surface area contributed by atoms with E-state index in [1.807, 2.05) is 61.5 Å². The summed E-state index contributed by atoms with van der Waals surface area (Å²) in [4.78, 5) is 15.2. The molecule has 0 aliphatic rings. The van der Waals surface area contributed by atoms with Crippen LogP contribution in [0.25, 0.3) is 11.4 Å². The van der Waals surface area contributed by atoms with Crippen LogP contribution in [0.2, 0.25) is 0 Å². The molecule has 0 saturated carbocycles. The molecule has 3 rings (SSSR count). The lowest BCUT2D eigenvalue weighted by Crippen LogP contribution is -2.30.